The molecule has 1 N–H and O–H groups in total. The van der Waals surface area contributed by atoms with Gasteiger partial charge in [-0.1, -0.05) is 17.7 Å². The number of methoxy groups -OCH3 is 1. The van der Waals surface area contributed by atoms with Crippen molar-refractivity contribution < 1.29 is 9.53 Å². The zero-order chi connectivity index (χ0) is 13.4. The fourth-order valence-corrected chi connectivity index (χ4v) is 2.13. The van der Waals surface area contributed by atoms with Crippen LogP contribution < -0.4 is 5.32 Å². The van der Waals surface area contributed by atoms with Crippen LogP contribution in [0.4, 0.5) is 5.69 Å². The van der Waals surface area contributed by atoms with Gasteiger partial charge in [-0.3, -0.25) is 0 Å². The molecular weight excluding hydrogens is 246 g/mol. The molecule has 0 amide bonds. The molecule has 0 aliphatic carbocycles. The summed E-state index contributed by atoms with van der Waals surface area (Å²) in [6.45, 7) is 2.04. The summed E-state index contributed by atoms with van der Waals surface area (Å²) in [5.74, 6) is 0.861. The molecule has 3 nitrogen and oxygen atoms in total. The van der Waals surface area contributed by atoms with Gasteiger partial charge in [0, 0.05) is 5.69 Å². The van der Waals surface area contributed by atoms with Crippen molar-refractivity contribution in [2.24, 2.45) is 0 Å². The summed E-state index contributed by atoms with van der Waals surface area (Å²) in [4.78, 5) is 11.7. The van der Waals surface area contributed by atoms with E-state index in [0.29, 0.717) is 0 Å². The van der Waals surface area contributed by atoms with Gasteiger partial charge in [0.05, 0.1) is 7.11 Å². The van der Waals surface area contributed by atoms with E-state index in [1.807, 2.05) is 31.2 Å². The minimum atomic E-state index is -0.259. The Kier molecular flexibility index (Phi) is 6.65. The number of carbonyl (C=O) groups excluding carboxylic acids is 1. The van der Waals surface area contributed by atoms with Crippen LogP contribution in [0.25, 0.3) is 0 Å². The standard InChI is InChI=1S/C14H21NO2S/c1-11-6-8-12(9-7-11)15-13(14(16)17-2)5-4-10-18-3/h6-9,13,15H,4-5,10H2,1-3H3. The maximum absolute atomic E-state index is 11.7. The largest absolute Gasteiger partial charge is 0.467 e. The zero-order valence-electron chi connectivity index (χ0n) is 11.2. The lowest BCUT2D eigenvalue weighted by atomic mass is 10.1. The van der Waals surface area contributed by atoms with Crippen molar-refractivity contribution in [1.29, 1.82) is 0 Å². The number of anilines is 1. The molecule has 0 aromatic heterocycles. The Morgan fingerprint density at radius 2 is 2.06 bits per heavy atom. The zero-order valence-corrected chi connectivity index (χ0v) is 12.0. The Hall–Kier alpha value is -1.16. The van der Waals surface area contributed by atoms with Crippen molar-refractivity contribution in [2.45, 2.75) is 25.8 Å². The minimum Gasteiger partial charge on any atom is -0.467 e. The van der Waals surface area contributed by atoms with Crippen molar-refractivity contribution in [3.05, 3.63) is 29.8 Å². The van der Waals surface area contributed by atoms with Crippen molar-refractivity contribution >= 4 is 23.4 Å². The summed E-state index contributed by atoms with van der Waals surface area (Å²) in [7, 11) is 1.43. The maximum atomic E-state index is 11.7. The smallest absolute Gasteiger partial charge is 0.328 e. The molecule has 0 heterocycles. The van der Waals surface area contributed by atoms with Gasteiger partial charge in [-0.2, -0.15) is 11.8 Å². The number of benzene rings is 1. The van der Waals surface area contributed by atoms with E-state index in [2.05, 4.69) is 11.6 Å². The van der Waals surface area contributed by atoms with Crippen molar-refractivity contribution in [3.63, 3.8) is 0 Å². The number of rotatable bonds is 7. The molecule has 0 saturated carbocycles. The Labute approximate surface area is 113 Å². The number of aryl methyl sites for hydroxylation is 1. The summed E-state index contributed by atoms with van der Waals surface area (Å²) < 4.78 is 4.83. The number of hydrogen-bond acceptors (Lipinski definition) is 4. The minimum absolute atomic E-state index is 0.198. The number of carbonyl (C=O) groups is 1. The van der Waals surface area contributed by atoms with E-state index in [0.717, 1.165) is 24.3 Å². The summed E-state index contributed by atoms with van der Waals surface area (Å²) in [6, 6.07) is 7.77. The Morgan fingerprint density at radius 3 is 2.61 bits per heavy atom. The van der Waals surface area contributed by atoms with Gasteiger partial charge in [-0.05, 0) is 43.9 Å². The lowest BCUT2D eigenvalue weighted by Crippen LogP contribution is -2.30. The van der Waals surface area contributed by atoms with Crippen LogP contribution in [0, 0.1) is 6.92 Å². The Bertz CT molecular complexity index is 365. The van der Waals surface area contributed by atoms with E-state index < -0.39 is 0 Å². The van der Waals surface area contributed by atoms with Crippen molar-refractivity contribution in [2.75, 3.05) is 24.4 Å². The molecule has 1 unspecified atom stereocenters. The predicted octanol–water partition coefficient (Wildman–Crippen LogP) is 3.09. The first kappa shape index (κ1) is 14.9. The highest BCUT2D eigenvalue weighted by Crippen LogP contribution is 2.14. The summed E-state index contributed by atoms with van der Waals surface area (Å²) in [5.41, 5.74) is 2.16. The van der Waals surface area contributed by atoms with Crippen LogP contribution in [0.1, 0.15) is 18.4 Å². The number of nitrogens with one attached hydrogen (secondary N) is 1. The van der Waals surface area contributed by atoms with E-state index in [1.165, 1.54) is 12.7 Å². The molecule has 4 heteroatoms. The normalized spacial score (nSPS) is 11.9. The average Bonchev–Trinajstić information content (AvgIpc) is 2.39. The van der Waals surface area contributed by atoms with Gasteiger partial charge in [0.15, 0.2) is 0 Å². The number of ether oxygens (including phenoxy) is 1. The lowest BCUT2D eigenvalue weighted by molar-refractivity contribution is -0.141. The first-order valence-electron chi connectivity index (χ1n) is 6.07. The fraction of sp³-hybridized carbons (Fsp3) is 0.500. The molecule has 0 bridgehead atoms. The van der Waals surface area contributed by atoms with Gasteiger partial charge in [0.1, 0.15) is 6.04 Å². The van der Waals surface area contributed by atoms with E-state index in [9.17, 15) is 4.79 Å². The Balaban J connectivity index is 2.59. The maximum Gasteiger partial charge on any atom is 0.328 e. The Morgan fingerprint density at radius 1 is 1.39 bits per heavy atom. The molecule has 0 spiro atoms. The first-order chi connectivity index (χ1) is 8.67. The van der Waals surface area contributed by atoms with Gasteiger partial charge in [0.25, 0.3) is 0 Å². The van der Waals surface area contributed by atoms with E-state index >= 15 is 0 Å². The van der Waals surface area contributed by atoms with Gasteiger partial charge in [-0.15, -0.1) is 0 Å². The molecule has 0 aliphatic rings. The second-order valence-corrected chi connectivity index (χ2v) is 5.21. The molecule has 0 radical (unpaired) electrons. The van der Waals surface area contributed by atoms with E-state index in [-0.39, 0.29) is 12.0 Å². The number of esters is 1. The molecule has 1 aromatic carbocycles. The molecule has 1 aromatic rings. The average molecular weight is 267 g/mol. The quantitative estimate of drug-likeness (QED) is 0.608. The summed E-state index contributed by atoms with van der Waals surface area (Å²) in [6.07, 6.45) is 3.86. The van der Waals surface area contributed by atoms with Crippen LogP contribution >= 0.6 is 11.8 Å². The predicted molar refractivity (Wildman–Crippen MR) is 78.2 cm³/mol. The van der Waals surface area contributed by atoms with Crippen LogP contribution in [-0.4, -0.2) is 31.1 Å². The van der Waals surface area contributed by atoms with Crippen molar-refractivity contribution in [1.82, 2.24) is 0 Å². The van der Waals surface area contributed by atoms with Crippen molar-refractivity contribution in [3.8, 4) is 0 Å². The van der Waals surface area contributed by atoms with E-state index in [1.54, 1.807) is 11.8 Å². The van der Waals surface area contributed by atoms with Crippen LogP contribution in [0.2, 0.25) is 0 Å². The highest BCUT2D eigenvalue weighted by Gasteiger charge is 2.18. The van der Waals surface area contributed by atoms with Crippen LogP contribution in [0.5, 0.6) is 0 Å². The van der Waals surface area contributed by atoms with Crippen LogP contribution in [0.3, 0.4) is 0 Å². The SMILES string of the molecule is COC(=O)C(CCCSC)Nc1ccc(C)cc1. The third-order valence-electron chi connectivity index (χ3n) is 2.72. The fourth-order valence-electron chi connectivity index (χ4n) is 1.67. The molecule has 1 atom stereocenters. The second kappa shape index (κ2) is 8.03. The van der Waals surface area contributed by atoms with Crippen LogP contribution in [-0.2, 0) is 9.53 Å². The lowest BCUT2D eigenvalue weighted by Gasteiger charge is -2.17. The molecule has 1 rings (SSSR count). The second-order valence-electron chi connectivity index (χ2n) is 4.22. The van der Waals surface area contributed by atoms with E-state index in [4.69, 9.17) is 4.74 Å². The highest BCUT2D eigenvalue weighted by molar-refractivity contribution is 7.98. The molecular formula is C14H21NO2S. The number of thioether (sulfide) groups is 1. The van der Waals surface area contributed by atoms with Gasteiger partial charge in [-0.25, -0.2) is 4.79 Å². The molecule has 0 saturated heterocycles. The summed E-state index contributed by atoms with van der Waals surface area (Å²) >= 11 is 1.79. The first-order valence-corrected chi connectivity index (χ1v) is 7.46. The highest BCUT2D eigenvalue weighted by atomic mass is 32.2. The summed E-state index contributed by atoms with van der Waals surface area (Å²) in [5, 5.41) is 3.23. The monoisotopic (exact) mass is 267 g/mol. The topological polar surface area (TPSA) is 38.3 Å². The molecule has 0 fully saturated rings. The van der Waals surface area contributed by atoms with Gasteiger partial charge >= 0.3 is 5.97 Å². The van der Waals surface area contributed by atoms with Crippen LogP contribution in [0.15, 0.2) is 24.3 Å². The molecule has 0 aliphatic heterocycles. The van der Waals surface area contributed by atoms with Gasteiger partial charge in [0.2, 0.25) is 0 Å². The van der Waals surface area contributed by atoms with Gasteiger partial charge < -0.3 is 10.1 Å². The molecule has 100 valence electrons. The third kappa shape index (κ3) is 5.00. The molecule has 18 heavy (non-hydrogen) atoms. The number of hydrogen-bond donors (Lipinski definition) is 1. The third-order valence-corrected chi connectivity index (χ3v) is 3.42.